The second-order valence-electron chi connectivity index (χ2n) is 8.20. The minimum Gasteiger partial charge on any atom is -0.497 e. The smallest absolute Gasteiger partial charge is 0.266 e. The molecule has 36 heavy (non-hydrogen) atoms. The molecule has 0 radical (unpaired) electrons. The Morgan fingerprint density at radius 3 is 2.47 bits per heavy atom. The van der Waals surface area contributed by atoms with Crippen molar-refractivity contribution in [2.24, 2.45) is 0 Å². The number of ether oxygens (including phenoxy) is 3. The van der Waals surface area contributed by atoms with Crippen molar-refractivity contribution in [3.63, 3.8) is 0 Å². The summed E-state index contributed by atoms with van der Waals surface area (Å²) in [6.45, 7) is 2.46. The van der Waals surface area contributed by atoms with Gasteiger partial charge in [-0.25, -0.2) is 4.98 Å². The highest BCUT2D eigenvalue weighted by Crippen LogP contribution is 2.28. The van der Waals surface area contributed by atoms with Gasteiger partial charge in [-0.15, -0.1) is 0 Å². The van der Waals surface area contributed by atoms with E-state index in [4.69, 9.17) is 19.2 Å². The average Bonchev–Trinajstić information content (AvgIpc) is 2.93. The van der Waals surface area contributed by atoms with Crippen LogP contribution in [0.3, 0.4) is 0 Å². The molecule has 1 atom stereocenters. The van der Waals surface area contributed by atoms with Gasteiger partial charge in [-0.1, -0.05) is 30.3 Å². The summed E-state index contributed by atoms with van der Waals surface area (Å²) >= 11 is 0. The number of para-hydroxylation sites is 3. The lowest BCUT2D eigenvalue weighted by molar-refractivity contribution is 0.0605. The van der Waals surface area contributed by atoms with E-state index in [-0.39, 0.29) is 11.5 Å². The number of aromatic nitrogens is 2. The van der Waals surface area contributed by atoms with Crippen LogP contribution in [0.5, 0.6) is 11.5 Å². The summed E-state index contributed by atoms with van der Waals surface area (Å²) in [7, 11) is 4.69. The van der Waals surface area contributed by atoms with Crippen molar-refractivity contribution in [3.8, 4) is 17.2 Å². The van der Waals surface area contributed by atoms with Crippen molar-refractivity contribution in [2.45, 2.75) is 13.0 Å². The minimum absolute atomic E-state index is 0.229. The molecule has 1 heterocycles. The topological polar surface area (TPSA) is 82.9 Å². The van der Waals surface area contributed by atoms with Crippen LogP contribution in [0.25, 0.3) is 16.6 Å². The van der Waals surface area contributed by atoms with Gasteiger partial charge in [0.1, 0.15) is 17.3 Å². The Balaban J connectivity index is 1.92. The molecule has 0 aliphatic heterocycles. The molecular weight excluding hydrogens is 458 g/mol. The van der Waals surface area contributed by atoms with Gasteiger partial charge in [0.2, 0.25) is 0 Å². The summed E-state index contributed by atoms with van der Waals surface area (Å²) in [5, 5.41) is 0.474. The van der Waals surface area contributed by atoms with Crippen LogP contribution in [0, 0.1) is 0 Å². The molecule has 0 saturated heterocycles. The molecule has 0 fully saturated rings. The van der Waals surface area contributed by atoms with Gasteiger partial charge in [0.15, 0.2) is 0 Å². The first-order valence-electron chi connectivity index (χ1n) is 11.6. The number of carbonyl (C=O) groups excluding carboxylic acids is 1. The van der Waals surface area contributed by atoms with Crippen LogP contribution in [0.1, 0.15) is 29.1 Å². The molecule has 4 aromatic rings. The summed E-state index contributed by atoms with van der Waals surface area (Å²) in [6, 6.07) is 20.8. The van der Waals surface area contributed by atoms with Gasteiger partial charge in [0.25, 0.3) is 11.5 Å². The zero-order valence-electron chi connectivity index (χ0n) is 20.8. The van der Waals surface area contributed by atoms with E-state index < -0.39 is 6.04 Å². The predicted molar refractivity (Wildman–Crippen MR) is 138 cm³/mol. The summed E-state index contributed by atoms with van der Waals surface area (Å²) in [4.78, 5) is 34.1. The molecule has 8 nitrogen and oxygen atoms in total. The van der Waals surface area contributed by atoms with E-state index in [1.54, 1.807) is 80.8 Å². The van der Waals surface area contributed by atoms with Gasteiger partial charge in [0.05, 0.1) is 43.5 Å². The van der Waals surface area contributed by atoms with Crippen LogP contribution in [0.2, 0.25) is 0 Å². The van der Waals surface area contributed by atoms with Crippen LogP contribution >= 0.6 is 0 Å². The molecule has 1 unspecified atom stereocenters. The van der Waals surface area contributed by atoms with E-state index in [1.807, 2.05) is 25.1 Å². The van der Waals surface area contributed by atoms with Crippen LogP contribution in [0.15, 0.2) is 77.6 Å². The molecule has 3 aromatic carbocycles. The summed E-state index contributed by atoms with van der Waals surface area (Å²) in [5.41, 5.74) is 1.32. The third-order valence-electron chi connectivity index (χ3n) is 6.08. The summed E-state index contributed by atoms with van der Waals surface area (Å²) in [6.07, 6.45) is 0. The normalized spacial score (nSPS) is 11.8. The maximum atomic E-state index is 13.8. The second kappa shape index (κ2) is 11.0. The van der Waals surface area contributed by atoms with Gasteiger partial charge in [-0.05, 0) is 49.4 Å². The number of benzene rings is 3. The van der Waals surface area contributed by atoms with E-state index in [0.717, 1.165) is 0 Å². The number of hydrogen-bond donors (Lipinski definition) is 0. The average molecular weight is 488 g/mol. The van der Waals surface area contributed by atoms with E-state index in [1.165, 1.54) is 4.57 Å². The molecule has 0 saturated carbocycles. The number of hydrogen-bond acceptors (Lipinski definition) is 6. The maximum Gasteiger partial charge on any atom is 0.266 e. The van der Waals surface area contributed by atoms with Gasteiger partial charge in [0, 0.05) is 19.2 Å². The van der Waals surface area contributed by atoms with Crippen LogP contribution in [0.4, 0.5) is 0 Å². The summed E-state index contributed by atoms with van der Waals surface area (Å²) < 4.78 is 17.7. The number of methoxy groups -OCH3 is 3. The molecule has 4 rings (SSSR count). The van der Waals surface area contributed by atoms with Crippen molar-refractivity contribution in [1.29, 1.82) is 0 Å². The predicted octanol–water partition coefficient (Wildman–Crippen LogP) is 4.25. The minimum atomic E-state index is -0.582. The number of carbonyl (C=O) groups is 1. The van der Waals surface area contributed by atoms with Gasteiger partial charge >= 0.3 is 0 Å². The van der Waals surface area contributed by atoms with Gasteiger partial charge in [-0.2, -0.15) is 0 Å². The number of amides is 1. The first-order valence-corrected chi connectivity index (χ1v) is 11.6. The Kier molecular flexibility index (Phi) is 7.65. The van der Waals surface area contributed by atoms with Crippen LogP contribution in [-0.2, 0) is 4.74 Å². The van der Waals surface area contributed by atoms with Crippen molar-refractivity contribution in [3.05, 3.63) is 94.5 Å². The second-order valence-corrected chi connectivity index (χ2v) is 8.20. The Bertz CT molecular complexity index is 1430. The molecule has 1 amide bonds. The zero-order chi connectivity index (χ0) is 25.7. The molecule has 0 N–H and O–H groups in total. The lowest BCUT2D eigenvalue weighted by Gasteiger charge is -2.30. The van der Waals surface area contributed by atoms with E-state index in [2.05, 4.69) is 0 Å². The highest BCUT2D eigenvalue weighted by Gasteiger charge is 2.28. The lowest BCUT2D eigenvalue weighted by atomic mass is 10.1. The van der Waals surface area contributed by atoms with Crippen LogP contribution in [-0.4, -0.2) is 54.8 Å². The largest absolute Gasteiger partial charge is 0.497 e. The first kappa shape index (κ1) is 24.9. The Morgan fingerprint density at radius 1 is 0.972 bits per heavy atom. The Labute approximate surface area is 209 Å². The van der Waals surface area contributed by atoms with Crippen molar-refractivity contribution < 1.29 is 19.0 Å². The van der Waals surface area contributed by atoms with Crippen molar-refractivity contribution in [2.75, 3.05) is 34.5 Å². The Hall–Kier alpha value is -4.17. The third-order valence-corrected chi connectivity index (χ3v) is 6.08. The van der Waals surface area contributed by atoms with Gasteiger partial charge < -0.3 is 19.1 Å². The standard InChI is InChI=1S/C28H29N3O5/c1-19(30(16-17-34-2)27(32)20-10-9-11-21(18-20)35-3)26-29-23-13-6-5-12-22(23)28(33)31(26)24-14-7-8-15-25(24)36-4/h5-15,18-19H,16-17H2,1-4H3. The Morgan fingerprint density at radius 2 is 1.72 bits per heavy atom. The zero-order valence-corrected chi connectivity index (χ0v) is 20.8. The molecule has 1 aromatic heterocycles. The molecule has 186 valence electrons. The molecule has 0 spiro atoms. The van der Waals surface area contributed by atoms with E-state index in [9.17, 15) is 9.59 Å². The molecule has 0 bridgehead atoms. The fourth-order valence-corrected chi connectivity index (χ4v) is 4.20. The highest BCUT2D eigenvalue weighted by atomic mass is 16.5. The van der Waals surface area contributed by atoms with Crippen molar-refractivity contribution in [1.82, 2.24) is 14.5 Å². The summed E-state index contributed by atoms with van der Waals surface area (Å²) in [5.74, 6) is 1.28. The fraction of sp³-hybridized carbons (Fsp3) is 0.250. The van der Waals surface area contributed by atoms with Crippen LogP contribution < -0.4 is 15.0 Å². The fourth-order valence-electron chi connectivity index (χ4n) is 4.20. The number of nitrogens with zero attached hydrogens (tertiary/aromatic N) is 3. The first-order chi connectivity index (χ1) is 17.5. The quantitative estimate of drug-likeness (QED) is 0.351. The van der Waals surface area contributed by atoms with Crippen molar-refractivity contribution >= 4 is 16.8 Å². The maximum absolute atomic E-state index is 13.8. The number of rotatable bonds is 9. The van der Waals surface area contributed by atoms with E-state index >= 15 is 0 Å². The molecule has 0 aliphatic rings. The van der Waals surface area contributed by atoms with E-state index in [0.29, 0.717) is 52.6 Å². The monoisotopic (exact) mass is 487 g/mol. The highest BCUT2D eigenvalue weighted by molar-refractivity contribution is 5.95. The van der Waals surface area contributed by atoms with Gasteiger partial charge in [-0.3, -0.25) is 14.2 Å². The SMILES string of the molecule is COCCN(C(=O)c1cccc(OC)c1)C(C)c1nc2ccccc2c(=O)n1-c1ccccc1OC. The number of fused-ring (bicyclic) bond motifs is 1. The molecule has 8 heteroatoms. The molecular formula is C28H29N3O5. The lowest BCUT2D eigenvalue weighted by Crippen LogP contribution is -2.39. The third kappa shape index (κ3) is 4.81. The molecule has 0 aliphatic carbocycles.